The van der Waals surface area contributed by atoms with E-state index in [2.05, 4.69) is 18.8 Å². The maximum Gasteiger partial charge on any atom is 0.255 e. The van der Waals surface area contributed by atoms with Gasteiger partial charge in [-0.2, -0.15) is 0 Å². The molecule has 0 N–H and O–H groups in total. The number of likely N-dealkylation sites (tertiary alicyclic amines) is 1. The number of pyridine rings is 1. The summed E-state index contributed by atoms with van der Waals surface area (Å²) in [5.41, 5.74) is 0.938. The van der Waals surface area contributed by atoms with Gasteiger partial charge in [0, 0.05) is 19.3 Å². The van der Waals surface area contributed by atoms with Gasteiger partial charge >= 0.3 is 0 Å². The highest BCUT2D eigenvalue weighted by molar-refractivity contribution is 6.32. The van der Waals surface area contributed by atoms with E-state index in [4.69, 9.17) is 16.3 Å². The second-order valence-corrected chi connectivity index (χ2v) is 7.08. The first-order valence-corrected chi connectivity index (χ1v) is 8.90. The van der Waals surface area contributed by atoms with E-state index in [0.717, 1.165) is 25.9 Å². The minimum absolute atomic E-state index is 0.000133. The topological polar surface area (TPSA) is 42.4 Å². The molecule has 5 heteroatoms. The van der Waals surface area contributed by atoms with Crippen molar-refractivity contribution in [1.29, 1.82) is 0 Å². The van der Waals surface area contributed by atoms with Crippen molar-refractivity contribution in [3.8, 4) is 5.88 Å². The van der Waals surface area contributed by atoms with Crippen LogP contribution in [0.5, 0.6) is 5.88 Å². The lowest BCUT2D eigenvalue weighted by Gasteiger charge is -2.41. The number of hydrogen-bond acceptors (Lipinski definition) is 3. The second kappa shape index (κ2) is 7.52. The summed E-state index contributed by atoms with van der Waals surface area (Å²) in [5, 5.41) is 0.387. The Morgan fingerprint density at radius 3 is 2.43 bits per heavy atom. The fourth-order valence-electron chi connectivity index (χ4n) is 3.18. The molecule has 128 valence electrons. The Labute approximate surface area is 144 Å². The highest BCUT2D eigenvalue weighted by atomic mass is 35.5. The van der Waals surface area contributed by atoms with E-state index in [1.165, 1.54) is 12.8 Å². The van der Waals surface area contributed by atoms with Gasteiger partial charge in [0.05, 0.1) is 11.7 Å². The quantitative estimate of drug-likeness (QED) is 0.790. The Morgan fingerprint density at radius 1 is 1.35 bits per heavy atom. The summed E-state index contributed by atoms with van der Waals surface area (Å²) in [6, 6.07) is 1.66. The van der Waals surface area contributed by atoms with E-state index in [9.17, 15) is 4.79 Å². The largest absolute Gasteiger partial charge is 0.474 e. The molecule has 1 aromatic rings. The number of hydrogen-bond donors (Lipinski definition) is 0. The van der Waals surface area contributed by atoms with E-state index in [1.54, 1.807) is 12.3 Å². The summed E-state index contributed by atoms with van der Waals surface area (Å²) in [7, 11) is 0. The van der Waals surface area contributed by atoms with Crippen LogP contribution in [0.3, 0.4) is 0 Å². The summed E-state index contributed by atoms with van der Waals surface area (Å²) in [5.74, 6) is 0.393. The molecule has 0 radical (unpaired) electrons. The van der Waals surface area contributed by atoms with Crippen LogP contribution in [0.4, 0.5) is 0 Å². The number of piperidine rings is 1. The number of aromatic nitrogens is 1. The molecule has 2 heterocycles. The Balaban J connectivity index is 2.06. The van der Waals surface area contributed by atoms with Crippen molar-refractivity contribution in [1.82, 2.24) is 9.88 Å². The Kier molecular flexibility index (Phi) is 5.90. The molecule has 0 atom stereocenters. The van der Waals surface area contributed by atoms with Gasteiger partial charge in [0.1, 0.15) is 5.02 Å². The predicted octanol–water partition coefficient (Wildman–Crippen LogP) is 4.56. The molecular weight excluding hydrogens is 312 g/mol. The van der Waals surface area contributed by atoms with Gasteiger partial charge in [-0.05, 0) is 38.2 Å². The van der Waals surface area contributed by atoms with Crippen molar-refractivity contribution < 1.29 is 9.53 Å². The number of nitrogens with zero attached hydrogens (tertiary/aromatic N) is 2. The summed E-state index contributed by atoms with van der Waals surface area (Å²) >= 11 is 6.19. The molecule has 0 saturated carbocycles. The molecule has 4 nitrogen and oxygen atoms in total. The van der Waals surface area contributed by atoms with Crippen molar-refractivity contribution in [2.75, 3.05) is 13.1 Å². The fraction of sp³-hybridized carbons (Fsp3) is 0.667. The van der Waals surface area contributed by atoms with E-state index in [0.29, 0.717) is 21.9 Å². The van der Waals surface area contributed by atoms with Crippen LogP contribution in [0.1, 0.15) is 63.7 Å². The molecular formula is C18H27ClN2O2. The van der Waals surface area contributed by atoms with Gasteiger partial charge in [0.2, 0.25) is 5.88 Å². The minimum atomic E-state index is -0.000133. The molecule has 1 aromatic heterocycles. The van der Waals surface area contributed by atoms with Gasteiger partial charge in [0.25, 0.3) is 5.91 Å². The lowest BCUT2D eigenvalue weighted by Crippen LogP contribution is -2.42. The van der Waals surface area contributed by atoms with Gasteiger partial charge in [0.15, 0.2) is 0 Å². The summed E-state index contributed by atoms with van der Waals surface area (Å²) in [4.78, 5) is 18.8. The molecule has 1 aliphatic heterocycles. The average Bonchev–Trinajstić information content (AvgIpc) is 2.56. The Morgan fingerprint density at radius 2 is 1.96 bits per heavy atom. The first kappa shape index (κ1) is 18.1. The van der Waals surface area contributed by atoms with Gasteiger partial charge in [-0.25, -0.2) is 4.98 Å². The third-order valence-corrected chi connectivity index (χ3v) is 5.28. The lowest BCUT2D eigenvalue weighted by molar-refractivity contribution is 0.0557. The van der Waals surface area contributed by atoms with Gasteiger partial charge in [-0.15, -0.1) is 0 Å². The third kappa shape index (κ3) is 4.17. The molecule has 0 aliphatic carbocycles. The molecule has 2 rings (SSSR count). The molecule has 1 aliphatic rings. The summed E-state index contributed by atoms with van der Waals surface area (Å²) in [6.07, 6.45) is 6.07. The number of rotatable bonds is 5. The standard InChI is InChI=1S/C18H27ClN2O2/c1-5-18(6-2)7-9-21(10-8-18)17(22)14-11-15(19)16(20-12-14)23-13(3)4/h11-13H,5-10H2,1-4H3. The SMILES string of the molecule is CCC1(CC)CCN(C(=O)c2cnc(OC(C)C)c(Cl)c2)CC1. The van der Waals surface area contributed by atoms with Crippen molar-refractivity contribution in [2.45, 2.75) is 59.5 Å². The number of carbonyl (C=O) groups is 1. The van der Waals surface area contributed by atoms with Crippen molar-refractivity contribution in [2.24, 2.45) is 5.41 Å². The van der Waals surface area contributed by atoms with Crippen molar-refractivity contribution in [3.05, 3.63) is 22.8 Å². The van der Waals surface area contributed by atoms with Gasteiger partial charge < -0.3 is 9.64 Å². The molecule has 23 heavy (non-hydrogen) atoms. The molecule has 1 saturated heterocycles. The minimum Gasteiger partial charge on any atom is -0.474 e. The fourth-order valence-corrected chi connectivity index (χ4v) is 3.39. The zero-order chi connectivity index (χ0) is 17.0. The van der Waals surface area contributed by atoms with E-state index >= 15 is 0 Å². The summed E-state index contributed by atoms with van der Waals surface area (Å²) in [6.45, 7) is 9.94. The van der Waals surface area contributed by atoms with Crippen molar-refractivity contribution in [3.63, 3.8) is 0 Å². The first-order chi connectivity index (χ1) is 10.9. The normalized spacial score (nSPS) is 17.4. The second-order valence-electron chi connectivity index (χ2n) is 6.68. The Hall–Kier alpha value is -1.29. The molecule has 0 spiro atoms. The van der Waals surface area contributed by atoms with Crippen LogP contribution in [0, 0.1) is 5.41 Å². The average molecular weight is 339 g/mol. The lowest BCUT2D eigenvalue weighted by atomic mass is 9.74. The predicted molar refractivity (Wildman–Crippen MR) is 93.2 cm³/mol. The number of ether oxygens (including phenoxy) is 1. The highest BCUT2D eigenvalue weighted by Crippen LogP contribution is 2.38. The van der Waals surface area contributed by atoms with Gasteiger partial charge in [-0.1, -0.05) is 38.3 Å². The number of amides is 1. The summed E-state index contributed by atoms with van der Waals surface area (Å²) < 4.78 is 5.51. The first-order valence-electron chi connectivity index (χ1n) is 8.52. The highest BCUT2D eigenvalue weighted by Gasteiger charge is 2.33. The molecule has 0 aromatic carbocycles. The molecule has 0 unspecified atom stereocenters. The van der Waals surface area contributed by atoms with E-state index in [1.807, 2.05) is 18.7 Å². The maximum absolute atomic E-state index is 12.7. The van der Waals surface area contributed by atoms with Crippen LogP contribution in [0.25, 0.3) is 0 Å². The molecule has 1 amide bonds. The van der Waals surface area contributed by atoms with Crippen LogP contribution in [-0.4, -0.2) is 35.0 Å². The monoisotopic (exact) mass is 338 g/mol. The van der Waals surface area contributed by atoms with Crippen LogP contribution in [-0.2, 0) is 0 Å². The van der Waals surface area contributed by atoms with Crippen molar-refractivity contribution >= 4 is 17.5 Å². The molecule has 0 bridgehead atoms. The maximum atomic E-state index is 12.7. The molecule has 1 fully saturated rings. The Bertz CT molecular complexity index is 546. The van der Waals surface area contributed by atoms with E-state index < -0.39 is 0 Å². The third-order valence-electron chi connectivity index (χ3n) is 5.01. The number of carbonyl (C=O) groups excluding carboxylic acids is 1. The van der Waals surface area contributed by atoms with Crippen LogP contribution in [0.2, 0.25) is 5.02 Å². The smallest absolute Gasteiger partial charge is 0.255 e. The zero-order valence-electron chi connectivity index (χ0n) is 14.6. The van der Waals surface area contributed by atoms with E-state index in [-0.39, 0.29) is 12.0 Å². The van der Waals surface area contributed by atoms with Crippen LogP contribution < -0.4 is 4.74 Å². The van der Waals surface area contributed by atoms with Crippen LogP contribution >= 0.6 is 11.6 Å². The number of halogens is 1. The zero-order valence-corrected chi connectivity index (χ0v) is 15.3. The van der Waals surface area contributed by atoms with Gasteiger partial charge in [-0.3, -0.25) is 4.79 Å². The van der Waals surface area contributed by atoms with Crippen LogP contribution in [0.15, 0.2) is 12.3 Å².